The van der Waals surface area contributed by atoms with Crippen LogP contribution in [0.1, 0.15) is 11.1 Å². The molecule has 0 bridgehead atoms. The number of fused-ring (bicyclic) bond motifs is 1. The average molecular weight is 212 g/mol. The molecular formula is C11H14ClNO. The fourth-order valence-electron chi connectivity index (χ4n) is 1.85. The highest BCUT2D eigenvalue weighted by molar-refractivity contribution is 6.32. The molecule has 76 valence electrons. The molecule has 0 saturated heterocycles. The van der Waals surface area contributed by atoms with E-state index < -0.39 is 0 Å². The summed E-state index contributed by atoms with van der Waals surface area (Å²) in [5.41, 5.74) is 2.69. The summed E-state index contributed by atoms with van der Waals surface area (Å²) >= 11 is 6.07. The van der Waals surface area contributed by atoms with Crippen molar-refractivity contribution in [2.75, 3.05) is 20.7 Å². The quantitative estimate of drug-likeness (QED) is 0.707. The molecule has 1 aromatic rings. The van der Waals surface area contributed by atoms with Gasteiger partial charge in [0.1, 0.15) is 5.75 Å². The van der Waals surface area contributed by atoms with Crippen LogP contribution in [0, 0.1) is 0 Å². The van der Waals surface area contributed by atoms with Crippen LogP contribution in [0.2, 0.25) is 5.02 Å². The zero-order chi connectivity index (χ0) is 10.1. The van der Waals surface area contributed by atoms with Crippen molar-refractivity contribution < 1.29 is 4.74 Å². The monoisotopic (exact) mass is 211 g/mol. The molecule has 1 heterocycles. The van der Waals surface area contributed by atoms with Crippen molar-refractivity contribution in [3.8, 4) is 5.75 Å². The van der Waals surface area contributed by atoms with E-state index in [9.17, 15) is 0 Å². The van der Waals surface area contributed by atoms with Crippen LogP contribution in [0.3, 0.4) is 0 Å². The lowest BCUT2D eigenvalue weighted by molar-refractivity contribution is 0.312. The topological polar surface area (TPSA) is 12.5 Å². The zero-order valence-electron chi connectivity index (χ0n) is 8.51. The average Bonchev–Trinajstić information content (AvgIpc) is 2.16. The van der Waals surface area contributed by atoms with Crippen molar-refractivity contribution in [2.45, 2.75) is 13.0 Å². The van der Waals surface area contributed by atoms with Crippen LogP contribution in [0.25, 0.3) is 0 Å². The molecule has 0 aromatic heterocycles. The minimum atomic E-state index is 0.710. The lowest BCUT2D eigenvalue weighted by Gasteiger charge is -2.25. The van der Waals surface area contributed by atoms with Gasteiger partial charge in [-0.15, -0.1) is 0 Å². The Morgan fingerprint density at radius 2 is 2.14 bits per heavy atom. The van der Waals surface area contributed by atoms with E-state index in [1.807, 2.05) is 6.07 Å². The second-order valence-electron chi connectivity index (χ2n) is 3.74. The molecule has 14 heavy (non-hydrogen) atoms. The molecule has 2 rings (SSSR count). The Hall–Kier alpha value is -0.730. The van der Waals surface area contributed by atoms with Crippen molar-refractivity contribution in [2.24, 2.45) is 0 Å². The Labute approximate surface area is 89.4 Å². The molecule has 0 fully saturated rings. The lowest BCUT2D eigenvalue weighted by atomic mass is 10.00. The summed E-state index contributed by atoms with van der Waals surface area (Å²) in [6, 6.07) is 4.08. The second-order valence-corrected chi connectivity index (χ2v) is 4.15. The molecule has 0 aliphatic carbocycles. The minimum absolute atomic E-state index is 0.710. The number of ether oxygens (including phenoxy) is 1. The first kappa shape index (κ1) is 9.81. The van der Waals surface area contributed by atoms with Gasteiger partial charge in [0.25, 0.3) is 0 Å². The third kappa shape index (κ3) is 1.72. The maximum Gasteiger partial charge on any atom is 0.137 e. The van der Waals surface area contributed by atoms with Crippen molar-refractivity contribution in [3.63, 3.8) is 0 Å². The van der Waals surface area contributed by atoms with Crippen LogP contribution >= 0.6 is 11.6 Å². The maximum absolute atomic E-state index is 6.07. The second kappa shape index (κ2) is 3.79. The Morgan fingerprint density at radius 3 is 2.86 bits per heavy atom. The molecule has 1 aliphatic rings. The van der Waals surface area contributed by atoms with Crippen LogP contribution in [-0.4, -0.2) is 25.6 Å². The van der Waals surface area contributed by atoms with Crippen molar-refractivity contribution >= 4 is 11.6 Å². The van der Waals surface area contributed by atoms with E-state index in [-0.39, 0.29) is 0 Å². The molecule has 0 radical (unpaired) electrons. The maximum atomic E-state index is 6.07. The molecule has 0 unspecified atom stereocenters. The normalized spacial score (nSPS) is 16.5. The number of nitrogens with zero attached hydrogens (tertiary/aromatic N) is 1. The van der Waals surface area contributed by atoms with Gasteiger partial charge in [-0.25, -0.2) is 0 Å². The van der Waals surface area contributed by atoms with Crippen molar-refractivity contribution in [1.29, 1.82) is 0 Å². The highest BCUT2D eigenvalue weighted by Gasteiger charge is 2.15. The number of rotatable bonds is 1. The van der Waals surface area contributed by atoms with Gasteiger partial charge in [0.15, 0.2) is 0 Å². The zero-order valence-corrected chi connectivity index (χ0v) is 9.27. The number of methoxy groups -OCH3 is 1. The largest absolute Gasteiger partial charge is 0.495 e. The number of hydrogen-bond donors (Lipinski definition) is 0. The molecule has 0 spiro atoms. The van der Waals surface area contributed by atoms with Gasteiger partial charge in [0.2, 0.25) is 0 Å². The Balaban J connectivity index is 2.40. The lowest BCUT2D eigenvalue weighted by Crippen LogP contribution is -2.26. The first-order valence-electron chi connectivity index (χ1n) is 4.74. The molecule has 2 nitrogen and oxygen atoms in total. The van der Waals surface area contributed by atoms with Crippen LogP contribution in [0.15, 0.2) is 12.1 Å². The van der Waals surface area contributed by atoms with E-state index >= 15 is 0 Å². The molecule has 0 saturated carbocycles. The molecule has 1 aliphatic heterocycles. The first-order valence-corrected chi connectivity index (χ1v) is 5.12. The number of benzene rings is 1. The fraction of sp³-hybridized carbons (Fsp3) is 0.455. The SMILES string of the molecule is COc1cc2c(cc1Cl)CN(C)CC2. The predicted molar refractivity (Wildman–Crippen MR) is 58.0 cm³/mol. The Morgan fingerprint density at radius 1 is 1.36 bits per heavy atom. The van der Waals surface area contributed by atoms with Crippen molar-refractivity contribution in [3.05, 3.63) is 28.3 Å². The van der Waals surface area contributed by atoms with E-state index in [1.165, 1.54) is 11.1 Å². The van der Waals surface area contributed by atoms with Gasteiger partial charge in [-0.3, -0.25) is 0 Å². The standard InChI is InChI=1S/C11H14ClNO/c1-13-4-3-8-6-11(14-2)10(12)5-9(8)7-13/h5-6H,3-4,7H2,1-2H3. The molecule has 0 N–H and O–H groups in total. The van der Waals surface area contributed by atoms with Gasteiger partial charge in [-0.2, -0.15) is 0 Å². The predicted octanol–water partition coefficient (Wildman–Crippen LogP) is 2.34. The number of hydrogen-bond acceptors (Lipinski definition) is 2. The summed E-state index contributed by atoms with van der Waals surface area (Å²) in [6.07, 6.45) is 1.08. The Bertz CT molecular complexity index is 351. The smallest absolute Gasteiger partial charge is 0.137 e. The molecule has 1 aromatic carbocycles. The van der Waals surface area contributed by atoms with Gasteiger partial charge in [0.05, 0.1) is 12.1 Å². The highest BCUT2D eigenvalue weighted by Crippen LogP contribution is 2.30. The summed E-state index contributed by atoms with van der Waals surface area (Å²) in [5, 5.41) is 0.710. The summed E-state index contributed by atoms with van der Waals surface area (Å²) in [5.74, 6) is 0.787. The van der Waals surface area contributed by atoms with E-state index in [0.717, 1.165) is 25.3 Å². The van der Waals surface area contributed by atoms with E-state index in [2.05, 4.69) is 18.0 Å². The third-order valence-corrected chi connectivity index (χ3v) is 2.97. The van der Waals surface area contributed by atoms with E-state index in [4.69, 9.17) is 16.3 Å². The minimum Gasteiger partial charge on any atom is -0.495 e. The first-order chi connectivity index (χ1) is 6.70. The van der Waals surface area contributed by atoms with Crippen LogP contribution in [0.4, 0.5) is 0 Å². The van der Waals surface area contributed by atoms with Gasteiger partial charge >= 0.3 is 0 Å². The van der Waals surface area contributed by atoms with Crippen molar-refractivity contribution in [1.82, 2.24) is 4.90 Å². The summed E-state index contributed by atoms with van der Waals surface area (Å²) in [7, 11) is 3.78. The summed E-state index contributed by atoms with van der Waals surface area (Å²) < 4.78 is 5.19. The molecular weight excluding hydrogens is 198 g/mol. The summed E-state index contributed by atoms with van der Waals surface area (Å²) in [4.78, 5) is 2.30. The van der Waals surface area contributed by atoms with Crippen LogP contribution in [0.5, 0.6) is 5.75 Å². The van der Waals surface area contributed by atoms with Crippen LogP contribution in [-0.2, 0) is 13.0 Å². The Kier molecular flexibility index (Phi) is 2.66. The number of halogens is 1. The van der Waals surface area contributed by atoms with Crippen LogP contribution < -0.4 is 4.74 Å². The summed E-state index contributed by atoms with van der Waals surface area (Å²) in [6.45, 7) is 2.09. The molecule has 0 atom stereocenters. The fourth-order valence-corrected chi connectivity index (χ4v) is 2.12. The van der Waals surface area contributed by atoms with Gasteiger partial charge in [0, 0.05) is 13.1 Å². The molecule has 3 heteroatoms. The van der Waals surface area contributed by atoms with E-state index in [1.54, 1.807) is 7.11 Å². The highest BCUT2D eigenvalue weighted by atomic mass is 35.5. The van der Waals surface area contributed by atoms with E-state index in [0.29, 0.717) is 5.02 Å². The number of likely N-dealkylation sites (N-methyl/N-ethyl adjacent to an activating group) is 1. The third-order valence-electron chi connectivity index (χ3n) is 2.68. The van der Waals surface area contributed by atoms with Gasteiger partial charge in [-0.1, -0.05) is 11.6 Å². The van der Waals surface area contributed by atoms with Gasteiger partial charge < -0.3 is 9.64 Å². The van der Waals surface area contributed by atoms with Gasteiger partial charge in [-0.05, 0) is 36.7 Å². The molecule has 0 amide bonds.